The summed E-state index contributed by atoms with van der Waals surface area (Å²) < 4.78 is 21.0. The molecule has 0 amide bonds. The summed E-state index contributed by atoms with van der Waals surface area (Å²) in [6.45, 7) is 7.18. The van der Waals surface area contributed by atoms with Crippen LogP contribution in [0.2, 0.25) is 0 Å². The van der Waals surface area contributed by atoms with E-state index in [1.54, 1.807) is 6.07 Å². The molecule has 0 radical (unpaired) electrons. The molecule has 1 aromatic carbocycles. The molecule has 7 heteroatoms. The molecule has 3 aromatic rings. The highest BCUT2D eigenvalue weighted by molar-refractivity contribution is 5.80. The standard InChI is InChI=1S/C21H26FN5O/c1-5-23-21(25-15(3)16-9-10-19(28-4)18(22)11-16)24-12-17-13-27-14(2)7-6-8-20(27)26-17/h6-11,13,15H,5,12H2,1-4H3,(H2,23,24,25). The molecular formula is C21H26FN5O. The van der Waals surface area contributed by atoms with Gasteiger partial charge in [-0.1, -0.05) is 12.1 Å². The summed E-state index contributed by atoms with van der Waals surface area (Å²) in [5.41, 5.74) is 3.73. The molecule has 2 aromatic heterocycles. The summed E-state index contributed by atoms with van der Waals surface area (Å²) in [5.74, 6) is 0.509. The minimum atomic E-state index is -0.379. The molecule has 0 spiro atoms. The van der Waals surface area contributed by atoms with Crippen molar-refractivity contribution in [2.45, 2.75) is 33.4 Å². The van der Waals surface area contributed by atoms with Gasteiger partial charge in [0.2, 0.25) is 0 Å². The summed E-state index contributed by atoms with van der Waals surface area (Å²) in [7, 11) is 1.45. The number of pyridine rings is 1. The summed E-state index contributed by atoms with van der Waals surface area (Å²) in [6.07, 6.45) is 2.00. The molecule has 0 saturated carbocycles. The van der Waals surface area contributed by atoms with Crippen molar-refractivity contribution in [3.8, 4) is 5.75 Å². The van der Waals surface area contributed by atoms with Crippen molar-refractivity contribution in [3.63, 3.8) is 0 Å². The summed E-state index contributed by atoms with van der Waals surface area (Å²) >= 11 is 0. The Labute approximate surface area is 164 Å². The van der Waals surface area contributed by atoms with Gasteiger partial charge in [0.1, 0.15) is 5.65 Å². The number of aliphatic imine (C=N–C) groups is 1. The zero-order valence-corrected chi connectivity index (χ0v) is 16.7. The van der Waals surface area contributed by atoms with Gasteiger partial charge in [0, 0.05) is 18.4 Å². The van der Waals surface area contributed by atoms with Crippen LogP contribution in [0.3, 0.4) is 0 Å². The molecule has 28 heavy (non-hydrogen) atoms. The van der Waals surface area contributed by atoms with Crippen molar-refractivity contribution in [3.05, 3.63) is 65.4 Å². The molecule has 0 fully saturated rings. The monoisotopic (exact) mass is 383 g/mol. The van der Waals surface area contributed by atoms with Gasteiger partial charge < -0.3 is 19.8 Å². The average molecular weight is 383 g/mol. The molecule has 2 heterocycles. The number of hydrogen-bond acceptors (Lipinski definition) is 3. The smallest absolute Gasteiger partial charge is 0.192 e. The Morgan fingerprint density at radius 2 is 2.14 bits per heavy atom. The molecule has 1 atom stereocenters. The third-order valence-corrected chi connectivity index (χ3v) is 4.52. The fraction of sp³-hybridized carbons (Fsp3) is 0.333. The van der Waals surface area contributed by atoms with Crippen molar-refractivity contribution in [1.82, 2.24) is 20.0 Å². The first-order chi connectivity index (χ1) is 13.5. The molecule has 0 saturated heterocycles. The van der Waals surface area contributed by atoms with Crippen molar-refractivity contribution < 1.29 is 9.13 Å². The topological polar surface area (TPSA) is 63.0 Å². The van der Waals surface area contributed by atoms with Crippen LogP contribution in [0.15, 0.2) is 47.6 Å². The largest absolute Gasteiger partial charge is 0.494 e. The van der Waals surface area contributed by atoms with Crippen LogP contribution in [-0.4, -0.2) is 29.0 Å². The number of methoxy groups -OCH3 is 1. The van der Waals surface area contributed by atoms with Crippen LogP contribution in [-0.2, 0) is 6.54 Å². The number of aromatic nitrogens is 2. The van der Waals surface area contributed by atoms with Crippen LogP contribution in [0.1, 0.15) is 36.8 Å². The Morgan fingerprint density at radius 1 is 1.32 bits per heavy atom. The number of rotatable bonds is 6. The molecule has 2 N–H and O–H groups in total. The molecule has 0 aliphatic carbocycles. The van der Waals surface area contributed by atoms with Crippen LogP contribution in [0, 0.1) is 12.7 Å². The summed E-state index contributed by atoms with van der Waals surface area (Å²) in [4.78, 5) is 9.24. The maximum atomic E-state index is 14.0. The van der Waals surface area contributed by atoms with Gasteiger partial charge in [-0.2, -0.15) is 0 Å². The van der Waals surface area contributed by atoms with Gasteiger partial charge in [0.25, 0.3) is 0 Å². The lowest BCUT2D eigenvalue weighted by Gasteiger charge is -2.18. The van der Waals surface area contributed by atoms with Gasteiger partial charge in [0.15, 0.2) is 17.5 Å². The maximum absolute atomic E-state index is 14.0. The molecule has 0 aliphatic heterocycles. The lowest BCUT2D eigenvalue weighted by molar-refractivity contribution is 0.386. The minimum absolute atomic E-state index is 0.124. The zero-order chi connectivity index (χ0) is 20.1. The molecule has 3 rings (SSSR count). The fourth-order valence-corrected chi connectivity index (χ4v) is 3.00. The molecule has 0 aliphatic rings. The van der Waals surface area contributed by atoms with Gasteiger partial charge in [-0.15, -0.1) is 0 Å². The van der Waals surface area contributed by atoms with E-state index in [-0.39, 0.29) is 17.6 Å². The van der Waals surface area contributed by atoms with Crippen LogP contribution < -0.4 is 15.4 Å². The van der Waals surface area contributed by atoms with Crippen LogP contribution in [0.4, 0.5) is 4.39 Å². The molecule has 148 valence electrons. The van der Waals surface area contributed by atoms with E-state index in [1.165, 1.54) is 13.2 Å². The Kier molecular flexibility index (Phi) is 6.13. The number of ether oxygens (including phenoxy) is 1. The van der Waals surface area contributed by atoms with E-state index in [1.807, 2.05) is 55.6 Å². The van der Waals surface area contributed by atoms with E-state index in [4.69, 9.17) is 4.74 Å². The van der Waals surface area contributed by atoms with Gasteiger partial charge in [-0.25, -0.2) is 14.4 Å². The third kappa shape index (κ3) is 4.42. The fourth-order valence-electron chi connectivity index (χ4n) is 3.00. The molecule has 6 nitrogen and oxygen atoms in total. The van der Waals surface area contributed by atoms with E-state index >= 15 is 0 Å². The predicted molar refractivity (Wildman–Crippen MR) is 109 cm³/mol. The number of hydrogen-bond donors (Lipinski definition) is 2. The number of imidazole rings is 1. The second-order valence-electron chi connectivity index (χ2n) is 6.58. The quantitative estimate of drug-likeness (QED) is 0.504. The van der Waals surface area contributed by atoms with E-state index in [9.17, 15) is 4.39 Å². The number of fused-ring (bicyclic) bond motifs is 1. The summed E-state index contributed by atoms with van der Waals surface area (Å²) in [6, 6.07) is 10.8. The number of nitrogens with zero attached hydrogens (tertiary/aromatic N) is 3. The number of halogens is 1. The normalized spacial score (nSPS) is 12.8. The molecular weight excluding hydrogens is 357 g/mol. The Bertz CT molecular complexity index is 982. The van der Waals surface area contributed by atoms with Crippen molar-refractivity contribution >= 4 is 11.6 Å². The highest BCUT2D eigenvalue weighted by Gasteiger charge is 2.11. The first kappa shape index (κ1) is 19.7. The first-order valence-corrected chi connectivity index (χ1v) is 9.33. The number of aryl methyl sites for hydroxylation is 1. The van der Waals surface area contributed by atoms with Crippen molar-refractivity contribution in [1.29, 1.82) is 0 Å². The van der Waals surface area contributed by atoms with Gasteiger partial charge >= 0.3 is 0 Å². The lowest BCUT2D eigenvalue weighted by Crippen LogP contribution is -2.38. The minimum Gasteiger partial charge on any atom is -0.494 e. The van der Waals surface area contributed by atoms with Crippen LogP contribution in [0.25, 0.3) is 5.65 Å². The maximum Gasteiger partial charge on any atom is 0.192 e. The average Bonchev–Trinajstić information content (AvgIpc) is 3.10. The number of benzene rings is 1. The van der Waals surface area contributed by atoms with Crippen LogP contribution >= 0.6 is 0 Å². The Hall–Kier alpha value is -3.09. The van der Waals surface area contributed by atoms with Crippen molar-refractivity contribution in [2.24, 2.45) is 4.99 Å². The first-order valence-electron chi connectivity index (χ1n) is 9.33. The van der Waals surface area contributed by atoms with Crippen LogP contribution in [0.5, 0.6) is 5.75 Å². The predicted octanol–water partition coefficient (Wildman–Crippen LogP) is 3.61. The zero-order valence-electron chi connectivity index (χ0n) is 16.7. The second-order valence-corrected chi connectivity index (χ2v) is 6.58. The highest BCUT2D eigenvalue weighted by atomic mass is 19.1. The van der Waals surface area contributed by atoms with Gasteiger partial charge in [-0.3, -0.25) is 0 Å². The third-order valence-electron chi connectivity index (χ3n) is 4.52. The SMILES string of the molecule is CCNC(=NCc1cn2c(C)cccc2n1)NC(C)c1ccc(OC)c(F)c1. The molecule has 1 unspecified atom stereocenters. The Morgan fingerprint density at radius 3 is 2.82 bits per heavy atom. The molecule has 0 bridgehead atoms. The lowest BCUT2D eigenvalue weighted by atomic mass is 10.1. The van der Waals surface area contributed by atoms with Gasteiger partial charge in [-0.05, 0) is 50.6 Å². The van der Waals surface area contributed by atoms with E-state index in [0.717, 1.165) is 29.1 Å². The van der Waals surface area contributed by atoms with E-state index < -0.39 is 0 Å². The number of guanidine groups is 1. The number of nitrogens with one attached hydrogen (secondary N) is 2. The van der Waals surface area contributed by atoms with Gasteiger partial charge in [0.05, 0.1) is 25.4 Å². The van der Waals surface area contributed by atoms with Crippen molar-refractivity contribution in [2.75, 3.05) is 13.7 Å². The Balaban J connectivity index is 1.74. The van der Waals surface area contributed by atoms with E-state index in [0.29, 0.717) is 12.5 Å². The highest BCUT2D eigenvalue weighted by Crippen LogP contribution is 2.21. The second kappa shape index (κ2) is 8.73. The summed E-state index contributed by atoms with van der Waals surface area (Å²) in [5, 5.41) is 6.53. The van der Waals surface area contributed by atoms with E-state index in [2.05, 4.69) is 20.6 Å².